The molecule has 0 unspecified atom stereocenters. The first-order valence-corrected chi connectivity index (χ1v) is 12.1. The van der Waals surface area contributed by atoms with Crippen LogP contribution in [0.25, 0.3) is 0 Å². The first kappa shape index (κ1) is 20.4. The summed E-state index contributed by atoms with van der Waals surface area (Å²) in [5.41, 5.74) is 24.0. The number of nitrogens with zero attached hydrogens (tertiary/aromatic N) is 2. The molecule has 1 saturated carbocycles. The van der Waals surface area contributed by atoms with Gasteiger partial charge in [-0.3, -0.25) is 9.98 Å². The van der Waals surface area contributed by atoms with Gasteiger partial charge in [-0.2, -0.15) is 0 Å². The highest BCUT2D eigenvalue weighted by molar-refractivity contribution is 6.06. The molecule has 0 amide bonds. The van der Waals surface area contributed by atoms with Crippen molar-refractivity contribution < 1.29 is 0 Å². The molecule has 0 aromatic heterocycles. The van der Waals surface area contributed by atoms with Gasteiger partial charge in [0.25, 0.3) is 0 Å². The van der Waals surface area contributed by atoms with Gasteiger partial charge in [0.2, 0.25) is 0 Å². The van der Waals surface area contributed by atoms with Crippen LogP contribution in [0.4, 0.5) is 17.1 Å². The fourth-order valence-corrected chi connectivity index (χ4v) is 5.52. The molecular formula is C29H30N4. The maximum Gasteiger partial charge on any atom is 0.0669 e. The summed E-state index contributed by atoms with van der Waals surface area (Å²) in [4.78, 5) is 9.85. The van der Waals surface area contributed by atoms with E-state index in [4.69, 9.17) is 21.5 Å². The van der Waals surface area contributed by atoms with Crippen LogP contribution >= 0.6 is 0 Å². The Bertz CT molecular complexity index is 1260. The smallest absolute Gasteiger partial charge is 0.0669 e. The van der Waals surface area contributed by atoms with Crippen molar-refractivity contribution in [3.8, 4) is 0 Å². The van der Waals surface area contributed by atoms with Crippen LogP contribution in [0.2, 0.25) is 0 Å². The first-order chi connectivity index (χ1) is 16.1. The summed E-state index contributed by atoms with van der Waals surface area (Å²) in [7, 11) is 0. The Labute approximate surface area is 195 Å². The predicted octanol–water partition coefficient (Wildman–Crippen LogP) is 5.68. The number of nitrogens with two attached hydrogens (primary N) is 2. The average Bonchev–Trinajstić information content (AvgIpc) is 3.44. The van der Waals surface area contributed by atoms with Gasteiger partial charge in [0.15, 0.2) is 0 Å². The Morgan fingerprint density at radius 1 is 0.727 bits per heavy atom. The molecule has 4 N–H and O–H groups in total. The van der Waals surface area contributed by atoms with Crippen LogP contribution in [0.15, 0.2) is 70.6 Å². The van der Waals surface area contributed by atoms with E-state index in [2.05, 4.69) is 48.5 Å². The lowest BCUT2D eigenvalue weighted by molar-refractivity contribution is 0.390. The van der Waals surface area contributed by atoms with Crippen molar-refractivity contribution in [2.24, 2.45) is 21.6 Å². The van der Waals surface area contributed by atoms with Crippen molar-refractivity contribution >= 4 is 28.5 Å². The van der Waals surface area contributed by atoms with Gasteiger partial charge in [-0.1, -0.05) is 36.4 Å². The van der Waals surface area contributed by atoms with Crippen molar-refractivity contribution in [3.63, 3.8) is 0 Å². The van der Waals surface area contributed by atoms with E-state index in [1.54, 1.807) is 0 Å². The van der Waals surface area contributed by atoms with Crippen molar-refractivity contribution in [1.29, 1.82) is 0 Å². The van der Waals surface area contributed by atoms with E-state index in [1.807, 2.05) is 12.1 Å². The molecule has 1 aliphatic carbocycles. The van der Waals surface area contributed by atoms with E-state index < -0.39 is 0 Å². The molecule has 2 aliphatic heterocycles. The highest BCUT2D eigenvalue weighted by Gasteiger charge is 2.26. The molecule has 166 valence electrons. The first-order valence-electron chi connectivity index (χ1n) is 12.1. The Hall–Kier alpha value is -3.24. The van der Waals surface area contributed by atoms with Crippen molar-refractivity contribution in [3.05, 3.63) is 88.5 Å². The topological polar surface area (TPSA) is 76.8 Å². The van der Waals surface area contributed by atoms with E-state index in [-0.39, 0.29) is 0 Å². The van der Waals surface area contributed by atoms with E-state index in [9.17, 15) is 0 Å². The summed E-state index contributed by atoms with van der Waals surface area (Å²) in [6.45, 7) is 0. The minimum Gasteiger partial charge on any atom is -0.399 e. The highest BCUT2D eigenvalue weighted by atomic mass is 14.8. The van der Waals surface area contributed by atoms with E-state index in [0.29, 0.717) is 12.0 Å². The second kappa shape index (κ2) is 8.27. The summed E-state index contributed by atoms with van der Waals surface area (Å²) < 4.78 is 0. The van der Waals surface area contributed by atoms with Crippen LogP contribution in [0, 0.1) is 5.92 Å². The third-order valence-electron chi connectivity index (χ3n) is 7.43. The van der Waals surface area contributed by atoms with Gasteiger partial charge < -0.3 is 11.5 Å². The quantitative estimate of drug-likeness (QED) is 0.518. The molecule has 2 heterocycles. The van der Waals surface area contributed by atoms with Gasteiger partial charge in [-0.05, 0) is 90.1 Å². The molecule has 0 saturated heterocycles. The molecule has 3 aromatic rings. The molecule has 0 radical (unpaired) electrons. The molecule has 6 rings (SSSR count). The molecule has 0 bridgehead atoms. The minimum atomic E-state index is 0.387. The summed E-state index contributed by atoms with van der Waals surface area (Å²) in [6, 6.07) is 21.9. The third-order valence-corrected chi connectivity index (χ3v) is 7.43. The zero-order chi connectivity index (χ0) is 22.4. The van der Waals surface area contributed by atoms with E-state index >= 15 is 0 Å². The van der Waals surface area contributed by atoms with Gasteiger partial charge in [0.05, 0.1) is 17.1 Å². The number of nitrogen functional groups attached to an aromatic ring is 1. The highest BCUT2D eigenvalue weighted by Crippen LogP contribution is 2.35. The summed E-state index contributed by atoms with van der Waals surface area (Å²) >= 11 is 0. The molecule has 4 nitrogen and oxygen atoms in total. The Balaban J connectivity index is 1.14. The summed E-state index contributed by atoms with van der Waals surface area (Å²) in [6.07, 6.45) is 7.46. The Kier molecular flexibility index (Phi) is 5.11. The minimum absolute atomic E-state index is 0.387. The molecule has 0 spiro atoms. The molecule has 33 heavy (non-hydrogen) atoms. The van der Waals surface area contributed by atoms with Crippen LogP contribution in [0.3, 0.4) is 0 Å². The number of anilines is 1. The normalized spacial score (nSPS) is 21.4. The second-order valence-corrected chi connectivity index (χ2v) is 9.85. The molecular weight excluding hydrogens is 404 g/mol. The zero-order valence-corrected chi connectivity index (χ0v) is 18.9. The van der Waals surface area contributed by atoms with Crippen LogP contribution in [0.1, 0.15) is 53.5 Å². The van der Waals surface area contributed by atoms with Crippen molar-refractivity contribution in [1.82, 2.24) is 0 Å². The Morgan fingerprint density at radius 3 is 2.06 bits per heavy atom. The maximum atomic E-state index is 6.10. The second-order valence-electron chi connectivity index (χ2n) is 9.85. The van der Waals surface area contributed by atoms with Crippen LogP contribution in [-0.4, -0.2) is 17.5 Å². The molecule has 3 aromatic carbocycles. The molecule has 0 atom stereocenters. The SMILES string of the molecule is Nc1ccc(C2=Nc3ccc(Cc4ccc5c(c4)CC(C4CCC(N)CC4)=N5)cc3C2)cc1. The largest absolute Gasteiger partial charge is 0.399 e. The van der Waals surface area contributed by atoms with Crippen molar-refractivity contribution in [2.45, 2.75) is 51.0 Å². The van der Waals surface area contributed by atoms with Crippen LogP contribution in [0.5, 0.6) is 0 Å². The molecule has 4 heteroatoms. The van der Waals surface area contributed by atoms with Gasteiger partial charge in [0.1, 0.15) is 0 Å². The fraction of sp³-hybridized carbons (Fsp3) is 0.310. The average molecular weight is 435 g/mol. The lowest BCUT2D eigenvalue weighted by atomic mass is 9.82. The van der Waals surface area contributed by atoms with Crippen LogP contribution in [-0.2, 0) is 19.3 Å². The Morgan fingerprint density at radius 2 is 1.36 bits per heavy atom. The summed E-state index contributed by atoms with van der Waals surface area (Å²) in [5, 5.41) is 0. The number of rotatable bonds is 4. The number of aliphatic imine (C=N–C) groups is 2. The van der Waals surface area contributed by atoms with E-state index in [1.165, 1.54) is 46.5 Å². The number of hydrogen-bond donors (Lipinski definition) is 2. The molecule has 3 aliphatic rings. The number of fused-ring (bicyclic) bond motifs is 2. The monoisotopic (exact) mass is 434 g/mol. The van der Waals surface area contributed by atoms with Gasteiger partial charge in [-0.15, -0.1) is 0 Å². The standard InChI is InChI=1S/C29H30N4/c30-24-7-3-20(4-8-24)28-16-22-14-18(1-11-26(22)32-28)13-19-2-12-27-23(15-19)17-29(33-27)21-5-9-25(31)10-6-21/h1-4,7-8,11-12,14-15,21,25H,5-6,9-10,13,16-17,30-31H2. The molecule has 1 fully saturated rings. The van der Waals surface area contributed by atoms with Crippen LogP contribution < -0.4 is 11.5 Å². The predicted molar refractivity (Wildman–Crippen MR) is 137 cm³/mol. The lowest BCUT2D eigenvalue weighted by Gasteiger charge is -2.26. The van der Waals surface area contributed by atoms with Crippen molar-refractivity contribution in [2.75, 3.05) is 5.73 Å². The third kappa shape index (κ3) is 4.11. The zero-order valence-electron chi connectivity index (χ0n) is 18.9. The van der Waals surface area contributed by atoms with Gasteiger partial charge in [0, 0.05) is 30.3 Å². The number of hydrogen-bond acceptors (Lipinski definition) is 4. The fourth-order valence-electron chi connectivity index (χ4n) is 5.52. The van der Waals surface area contributed by atoms with E-state index in [0.717, 1.165) is 54.8 Å². The maximum absolute atomic E-state index is 6.10. The number of benzene rings is 3. The van der Waals surface area contributed by atoms with Gasteiger partial charge >= 0.3 is 0 Å². The summed E-state index contributed by atoms with van der Waals surface area (Å²) in [5.74, 6) is 0.618. The lowest BCUT2D eigenvalue weighted by Crippen LogP contribution is -2.29. The van der Waals surface area contributed by atoms with Gasteiger partial charge in [-0.25, -0.2) is 0 Å².